The molecule has 0 fully saturated rings. The van der Waals surface area contributed by atoms with E-state index in [1.54, 1.807) is 6.07 Å². The van der Waals surface area contributed by atoms with Crippen molar-refractivity contribution in [3.05, 3.63) is 17.2 Å². The molecule has 0 aliphatic heterocycles. The van der Waals surface area contributed by atoms with Crippen LogP contribution in [0.25, 0.3) is 11.0 Å². The summed E-state index contributed by atoms with van der Waals surface area (Å²) < 4.78 is 0. The zero-order chi connectivity index (χ0) is 9.59. The van der Waals surface area contributed by atoms with E-state index in [1.807, 2.05) is 13.8 Å². The molecule has 0 aliphatic carbocycles. The van der Waals surface area contributed by atoms with Gasteiger partial charge in [0.2, 0.25) is 0 Å². The van der Waals surface area contributed by atoms with Gasteiger partial charge in [-0.1, -0.05) is 0 Å². The molecule has 76 valence electrons. The highest BCUT2D eigenvalue weighted by Gasteiger charge is 2.09. The number of aromatic nitrogens is 2. The molecule has 0 saturated heterocycles. The lowest BCUT2D eigenvalue weighted by atomic mass is 10.1. The molecule has 14 heavy (non-hydrogen) atoms. The van der Waals surface area contributed by atoms with Gasteiger partial charge in [-0.05, 0) is 25.5 Å². The first-order chi connectivity index (χ1) is 6.09. The molecule has 0 amide bonds. The van der Waals surface area contributed by atoms with Gasteiger partial charge in [0.25, 0.3) is 0 Å². The number of nitrogens with zero attached hydrogens (tertiary/aromatic N) is 1. The third-order valence-electron chi connectivity index (χ3n) is 2.21. The lowest BCUT2D eigenvalue weighted by molar-refractivity contribution is 0.471. The number of aryl methyl sites for hydroxylation is 2. The largest absolute Gasteiger partial charge is 0.508 e. The Morgan fingerprint density at radius 2 is 2.07 bits per heavy atom. The summed E-state index contributed by atoms with van der Waals surface area (Å²) in [7, 11) is 0. The fraction of sp³-hybridized carbons (Fsp3) is 0.222. The highest BCUT2D eigenvalue weighted by molar-refractivity contribution is 5.86. The van der Waals surface area contributed by atoms with E-state index in [1.165, 1.54) is 0 Å². The molecule has 0 radical (unpaired) electrons. The van der Waals surface area contributed by atoms with E-state index >= 15 is 0 Å². The van der Waals surface area contributed by atoms with Crippen molar-refractivity contribution in [2.45, 2.75) is 13.8 Å². The number of rotatable bonds is 0. The second-order valence-corrected chi connectivity index (χ2v) is 3.18. The summed E-state index contributed by atoms with van der Waals surface area (Å²) in [5, 5.41) is 9.52. The molecule has 1 aromatic carbocycles. The Balaban J connectivity index is 0.000000980. The molecular formula is C9H12ClN3O. The summed E-state index contributed by atoms with van der Waals surface area (Å²) in [6, 6.07) is 1.69. The second kappa shape index (κ2) is 3.38. The number of nitrogens with two attached hydrogens (primary N) is 1. The quantitative estimate of drug-likeness (QED) is 0.626. The van der Waals surface area contributed by atoms with E-state index in [9.17, 15) is 5.11 Å². The van der Waals surface area contributed by atoms with Crippen molar-refractivity contribution in [1.82, 2.24) is 9.97 Å². The van der Waals surface area contributed by atoms with Crippen LogP contribution in [-0.4, -0.2) is 15.1 Å². The average Bonchev–Trinajstić information content (AvgIpc) is 2.44. The van der Waals surface area contributed by atoms with E-state index in [0.29, 0.717) is 5.95 Å². The number of phenolic OH excluding ortho intramolecular Hbond substituents is 1. The molecule has 0 aliphatic rings. The van der Waals surface area contributed by atoms with Crippen LogP contribution in [0.4, 0.5) is 5.95 Å². The highest BCUT2D eigenvalue weighted by Crippen LogP contribution is 2.28. The van der Waals surface area contributed by atoms with Crippen LogP contribution in [0, 0.1) is 13.8 Å². The van der Waals surface area contributed by atoms with Gasteiger partial charge in [0.05, 0.1) is 11.0 Å². The maximum absolute atomic E-state index is 9.52. The molecule has 1 aromatic heterocycles. The minimum Gasteiger partial charge on any atom is -0.508 e. The van der Waals surface area contributed by atoms with Gasteiger partial charge in [0.15, 0.2) is 5.95 Å². The number of anilines is 1. The molecule has 4 N–H and O–H groups in total. The minimum absolute atomic E-state index is 0. The van der Waals surface area contributed by atoms with Crippen LogP contribution < -0.4 is 5.73 Å². The Bertz CT molecular complexity index is 478. The molecule has 4 nitrogen and oxygen atoms in total. The SMILES string of the molecule is Cc1cc(O)c(C)c2[nH]c(N)nc12.Cl. The van der Waals surface area contributed by atoms with Crippen LogP contribution in [0.1, 0.15) is 11.1 Å². The van der Waals surface area contributed by atoms with E-state index < -0.39 is 0 Å². The van der Waals surface area contributed by atoms with Crippen LogP contribution in [0.2, 0.25) is 0 Å². The molecule has 2 rings (SSSR count). The highest BCUT2D eigenvalue weighted by atomic mass is 35.5. The molecule has 0 spiro atoms. The second-order valence-electron chi connectivity index (χ2n) is 3.18. The standard InChI is InChI=1S/C9H11N3O.ClH/c1-4-3-6(13)5(2)8-7(4)11-9(10)12-8;/h3,13H,1-2H3,(H3,10,11,12);1H. The van der Waals surface area contributed by atoms with Gasteiger partial charge < -0.3 is 15.8 Å². The Hall–Kier alpha value is -1.42. The summed E-state index contributed by atoms with van der Waals surface area (Å²) in [5.41, 5.74) is 8.88. The first kappa shape index (κ1) is 10.7. The Kier molecular flexibility index (Phi) is 2.57. The van der Waals surface area contributed by atoms with Gasteiger partial charge in [0.1, 0.15) is 5.75 Å². The first-order valence-electron chi connectivity index (χ1n) is 4.04. The molecule has 2 aromatic rings. The molecular weight excluding hydrogens is 202 g/mol. The Labute approximate surface area is 87.6 Å². The maximum Gasteiger partial charge on any atom is 0.198 e. The smallest absolute Gasteiger partial charge is 0.198 e. The number of aromatic amines is 1. The summed E-state index contributed by atoms with van der Waals surface area (Å²) >= 11 is 0. The predicted molar refractivity (Wildman–Crippen MR) is 58.9 cm³/mol. The van der Waals surface area contributed by atoms with Crippen LogP contribution in [0.5, 0.6) is 5.75 Å². The normalized spacial score (nSPS) is 10.1. The van der Waals surface area contributed by atoms with Crippen molar-refractivity contribution in [1.29, 1.82) is 0 Å². The summed E-state index contributed by atoms with van der Waals surface area (Å²) in [4.78, 5) is 7.04. The van der Waals surface area contributed by atoms with Gasteiger partial charge in [-0.3, -0.25) is 0 Å². The predicted octanol–water partition coefficient (Wildman–Crippen LogP) is 1.89. The third-order valence-corrected chi connectivity index (χ3v) is 2.21. The third kappa shape index (κ3) is 1.37. The number of hydrogen-bond acceptors (Lipinski definition) is 3. The topological polar surface area (TPSA) is 74.9 Å². The number of nitrogen functional groups attached to an aromatic ring is 1. The summed E-state index contributed by atoms with van der Waals surface area (Å²) in [6.45, 7) is 3.72. The fourth-order valence-corrected chi connectivity index (χ4v) is 1.46. The number of benzene rings is 1. The molecule has 0 atom stereocenters. The van der Waals surface area contributed by atoms with Crippen molar-refractivity contribution in [3.63, 3.8) is 0 Å². The average molecular weight is 214 g/mol. The summed E-state index contributed by atoms with van der Waals surface area (Å²) in [6.07, 6.45) is 0. The van der Waals surface area contributed by atoms with Crippen molar-refractivity contribution < 1.29 is 5.11 Å². The number of phenols is 1. The molecule has 0 bridgehead atoms. The Morgan fingerprint density at radius 1 is 1.43 bits per heavy atom. The van der Waals surface area contributed by atoms with Crippen molar-refractivity contribution in [2.75, 3.05) is 5.73 Å². The number of aromatic hydroxyl groups is 1. The van der Waals surface area contributed by atoms with Gasteiger partial charge >= 0.3 is 0 Å². The van der Waals surface area contributed by atoms with E-state index in [0.717, 1.165) is 22.2 Å². The minimum atomic E-state index is 0. The molecule has 1 heterocycles. The summed E-state index contributed by atoms with van der Waals surface area (Å²) in [5.74, 6) is 0.653. The van der Waals surface area contributed by atoms with Crippen molar-refractivity contribution in [2.24, 2.45) is 0 Å². The number of fused-ring (bicyclic) bond motifs is 1. The van der Waals surface area contributed by atoms with E-state index in [-0.39, 0.29) is 18.2 Å². The number of imidazole rings is 1. The molecule has 0 saturated carbocycles. The maximum atomic E-state index is 9.52. The van der Waals surface area contributed by atoms with Gasteiger partial charge in [-0.15, -0.1) is 12.4 Å². The van der Waals surface area contributed by atoms with Crippen LogP contribution >= 0.6 is 12.4 Å². The first-order valence-corrected chi connectivity index (χ1v) is 4.04. The van der Waals surface area contributed by atoms with Crippen molar-refractivity contribution in [3.8, 4) is 5.75 Å². The molecule has 0 unspecified atom stereocenters. The number of H-pyrrole nitrogens is 1. The van der Waals surface area contributed by atoms with Crippen LogP contribution in [0.3, 0.4) is 0 Å². The fourth-order valence-electron chi connectivity index (χ4n) is 1.46. The van der Waals surface area contributed by atoms with Gasteiger partial charge in [0, 0.05) is 5.56 Å². The monoisotopic (exact) mass is 213 g/mol. The van der Waals surface area contributed by atoms with E-state index in [2.05, 4.69) is 9.97 Å². The lowest BCUT2D eigenvalue weighted by Crippen LogP contribution is -1.84. The zero-order valence-corrected chi connectivity index (χ0v) is 8.77. The number of hydrogen-bond donors (Lipinski definition) is 3. The van der Waals surface area contributed by atoms with E-state index in [4.69, 9.17) is 5.73 Å². The van der Waals surface area contributed by atoms with Gasteiger partial charge in [-0.25, -0.2) is 4.98 Å². The Morgan fingerprint density at radius 3 is 2.71 bits per heavy atom. The lowest BCUT2D eigenvalue weighted by Gasteiger charge is -2.01. The van der Waals surface area contributed by atoms with Crippen LogP contribution in [0.15, 0.2) is 6.07 Å². The molecule has 5 heteroatoms. The number of halogens is 1. The van der Waals surface area contributed by atoms with Crippen LogP contribution in [-0.2, 0) is 0 Å². The van der Waals surface area contributed by atoms with Gasteiger partial charge in [-0.2, -0.15) is 0 Å². The zero-order valence-electron chi connectivity index (χ0n) is 7.96. The number of nitrogens with one attached hydrogen (secondary N) is 1. The van der Waals surface area contributed by atoms with Crippen molar-refractivity contribution >= 4 is 29.4 Å².